The first kappa shape index (κ1) is 14.5. The van der Waals surface area contributed by atoms with Crippen LogP contribution in [0.4, 0.5) is 5.69 Å². The largest absolute Gasteiger partial charge is 0.314 e. The Hall–Kier alpha value is -1.42. The van der Waals surface area contributed by atoms with Crippen LogP contribution < -0.4 is 5.32 Å². The predicted octanol–water partition coefficient (Wildman–Crippen LogP) is 3.70. The lowest BCUT2D eigenvalue weighted by Crippen LogP contribution is -2.35. The van der Waals surface area contributed by atoms with E-state index in [2.05, 4.69) is 5.32 Å². The van der Waals surface area contributed by atoms with E-state index in [-0.39, 0.29) is 10.6 Å². The fraction of sp³-hybridized carbons (Fsp3) is 0.647. The van der Waals surface area contributed by atoms with Crippen LogP contribution in [-0.2, 0) is 6.42 Å². The van der Waals surface area contributed by atoms with Crippen LogP contribution in [0.25, 0.3) is 0 Å². The summed E-state index contributed by atoms with van der Waals surface area (Å²) in [6.07, 6.45) is 9.33. The Morgan fingerprint density at radius 2 is 1.86 bits per heavy atom. The number of non-ortho nitro benzene ring substituents is 1. The van der Waals surface area contributed by atoms with Gasteiger partial charge < -0.3 is 5.32 Å². The molecule has 2 fully saturated rings. The van der Waals surface area contributed by atoms with Gasteiger partial charge >= 0.3 is 0 Å². The number of nitro groups is 1. The summed E-state index contributed by atoms with van der Waals surface area (Å²) in [5.74, 6) is 2.00. The van der Waals surface area contributed by atoms with Gasteiger partial charge in [0.25, 0.3) is 5.69 Å². The van der Waals surface area contributed by atoms with Crippen LogP contribution in [0, 0.1) is 22.0 Å². The van der Waals surface area contributed by atoms with E-state index in [4.69, 9.17) is 0 Å². The van der Waals surface area contributed by atoms with Crippen LogP contribution in [0.5, 0.6) is 0 Å². The lowest BCUT2D eigenvalue weighted by molar-refractivity contribution is -0.384. The Balaban J connectivity index is 1.41. The molecule has 0 heterocycles. The van der Waals surface area contributed by atoms with Gasteiger partial charge in [0, 0.05) is 18.2 Å². The van der Waals surface area contributed by atoms with E-state index < -0.39 is 0 Å². The molecule has 2 saturated carbocycles. The fourth-order valence-corrected chi connectivity index (χ4v) is 3.61. The number of nitrogens with one attached hydrogen (secondary N) is 1. The molecule has 0 bridgehead atoms. The van der Waals surface area contributed by atoms with Crippen LogP contribution in [0.3, 0.4) is 0 Å². The number of benzene rings is 1. The van der Waals surface area contributed by atoms with Crippen molar-refractivity contribution in [3.63, 3.8) is 0 Å². The Morgan fingerprint density at radius 3 is 2.52 bits per heavy atom. The van der Waals surface area contributed by atoms with Crippen LogP contribution in [0.2, 0.25) is 0 Å². The van der Waals surface area contributed by atoms with Gasteiger partial charge in [-0.1, -0.05) is 25.0 Å². The van der Waals surface area contributed by atoms with E-state index in [0.29, 0.717) is 6.04 Å². The highest BCUT2D eigenvalue weighted by molar-refractivity contribution is 5.32. The molecular formula is C17H24N2O2. The van der Waals surface area contributed by atoms with E-state index in [9.17, 15) is 10.1 Å². The number of rotatable bonds is 6. The zero-order valence-electron chi connectivity index (χ0n) is 12.5. The Bertz CT molecular complexity index is 482. The molecule has 2 aliphatic carbocycles. The average molecular weight is 288 g/mol. The van der Waals surface area contributed by atoms with Gasteiger partial charge in [0.15, 0.2) is 0 Å². The van der Waals surface area contributed by atoms with Crippen molar-refractivity contribution in [3.8, 4) is 0 Å². The molecule has 1 aromatic rings. The van der Waals surface area contributed by atoms with Crippen LogP contribution in [0.1, 0.15) is 44.1 Å². The summed E-state index contributed by atoms with van der Waals surface area (Å²) in [5, 5.41) is 14.3. The summed E-state index contributed by atoms with van der Waals surface area (Å²) in [7, 11) is 0. The predicted molar refractivity (Wildman–Crippen MR) is 83.3 cm³/mol. The molecule has 3 rings (SSSR count). The lowest BCUT2D eigenvalue weighted by Gasteiger charge is -2.30. The van der Waals surface area contributed by atoms with Crippen molar-refractivity contribution in [2.75, 3.05) is 6.54 Å². The summed E-state index contributed by atoms with van der Waals surface area (Å²) in [4.78, 5) is 10.3. The number of hydrogen-bond donors (Lipinski definition) is 1. The van der Waals surface area contributed by atoms with Gasteiger partial charge in [-0.25, -0.2) is 0 Å². The first-order chi connectivity index (χ1) is 10.2. The fourth-order valence-electron chi connectivity index (χ4n) is 3.61. The highest BCUT2D eigenvalue weighted by Gasteiger charge is 2.34. The quantitative estimate of drug-likeness (QED) is 0.641. The van der Waals surface area contributed by atoms with Gasteiger partial charge in [-0.05, 0) is 56.0 Å². The molecule has 0 aromatic heterocycles. The van der Waals surface area contributed by atoms with Gasteiger partial charge in [-0.3, -0.25) is 10.1 Å². The standard InChI is InChI=1S/C17H24N2O2/c20-19(21)17-8-4-13(5-9-17)10-11-18-16-3-1-2-15(12-16)14-6-7-14/h4-5,8-9,14-16,18H,1-3,6-7,10-12H2. The molecule has 0 aliphatic heterocycles. The highest BCUT2D eigenvalue weighted by Crippen LogP contribution is 2.43. The van der Waals surface area contributed by atoms with Gasteiger partial charge in [0.2, 0.25) is 0 Å². The van der Waals surface area contributed by atoms with Crippen LogP contribution in [-0.4, -0.2) is 17.5 Å². The maximum Gasteiger partial charge on any atom is 0.269 e. The van der Waals surface area contributed by atoms with Crippen LogP contribution in [0.15, 0.2) is 24.3 Å². The molecule has 2 aliphatic rings. The minimum Gasteiger partial charge on any atom is -0.314 e. The van der Waals surface area contributed by atoms with Crippen molar-refractivity contribution in [3.05, 3.63) is 39.9 Å². The molecular weight excluding hydrogens is 264 g/mol. The average Bonchev–Trinajstić information content (AvgIpc) is 3.33. The second-order valence-corrected chi connectivity index (χ2v) is 6.59. The first-order valence-corrected chi connectivity index (χ1v) is 8.19. The van der Waals surface area contributed by atoms with Gasteiger partial charge in [-0.2, -0.15) is 0 Å². The minimum absolute atomic E-state index is 0.172. The van der Waals surface area contributed by atoms with E-state index in [1.807, 2.05) is 12.1 Å². The van der Waals surface area contributed by atoms with Crippen molar-refractivity contribution in [2.24, 2.45) is 11.8 Å². The summed E-state index contributed by atoms with van der Waals surface area (Å²) >= 11 is 0. The summed E-state index contributed by atoms with van der Waals surface area (Å²) in [6, 6.07) is 7.61. The van der Waals surface area contributed by atoms with Gasteiger partial charge in [-0.15, -0.1) is 0 Å². The second kappa shape index (κ2) is 6.56. The summed E-state index contributed by atoms with van der Waals surface area (Å²) in [6.45, 7) is 0.972. The smallest absolute Gasteiger partial charge is 0.269 e. The van der Waals surface area contributed by atoms with Crippen LogP contribution >= 0.6 is 0 Å². The van der Waals surface area contributed by atoms with E-state index in [1.165, 1.54) is 44.1 Å². The highest BCUT2D eigenvalue weighted by atomic mass is 16.6. The van der Waals surface area contributed by atoms with Crippen molar-refractivity contribution in [2.45, 2.75) is 51.0 Å². The zero-order valence-corrected chi connectivity index (χ0v) is 12.5. The van der Waals surface area contributed by atoms with Crippen molar-refractivity contribution in [1.29, 1.82) is 0 Å². The SMILES string of the molecule is O=[N+]([O-])c1ccc(CCNC2CCCC(C3CC3)C2)cc1. The topological polar surface area (TPSA) is 55.2 Å². The van der Waals surface area contributed by atoms with Gasteiger partial charge in [0.05, 0.1) is 4.92 Å². The first-order valence-electron chi connectivity index (χ1n) is 8.19. The Labute approximate surface area is 126 Å². The monoisotopic (exact) mass is 288 g/mol. The minimum atomic E-state index is -0.345. The molecule has 4 nitrogen and oxygen atoms in total. The van der Waals surface area contributed by atoms with E-state index in [0.717, 1.165) is 24.8 Å². The molecule has 1 aromatic carbocycles. The normalized spacial score (nSPS) is 25.7. The zero-order chi connectivity index (χ0) is 14.7. The third kappa shape index (κ3) is 4.03. The van der Waals surface area contributed by atoms with Crippen molar-refractivity contribution < 1.29 is 4.92 Å². The molecule has 0 amide bonds. The molecule has 21 heavy (non-hydrogen) atoms. The number of hydrogen-bond acceptors (Lipinski definition) is 3. The Morgan fingerprint density at radius 1 is 1.10 bits per heavy atom. The maximum atomic E-state index is 10.6. The molecule has 2 unspecified atom stereocenters. The molecule has 114 valence electrons. The van der Waals surface area contributed by atoms with E-state index in [1.54, 1.807) is 12.1 Å². The molecule has 0 saturated heterocycles. The molecule has 4 heteroatoms. The third-order valence-electron chi connectivity index (χ3n) is 5.00. The van der Waals surface area contributed by atoms with Crippen molar-refractivity contribution in [1.82, 2.24) is 5.32 Å². The van der Waals surface area contributed by atoms with Crippen molar-refractivity contribution >= 4 is 5.69 Å². The van der Waals surface area contributed by atoms with E-state index >= 15 is 0 Å². The Kier molecular flexibility index (Phi) is 4.54. The molecule has 0 radical (unpaired) electrons. The third-order valence-corrected chi connectivity index (χ3v) is 5.00. The molecule has 1 N–H and O–H groups in total. The molecule has 0 spiro atoms. The lowest BCUT2D eigenvalue weighted by atomic mass is 9.82. The van der Waals surface area contributed by atoms with Gasteiger partial charge in [0.1, 0.15) is 0 Å². The molecule has 2 atom stereocenters. The number of nitrogens with zero attached hydrogens (tertiary/aromatic N) is 1. The second-order valence-electron chi connectivity index (χ2n) is 6.59. The summed E-state index contributed by atoms with van der Waals surface area (Å²) in [5.41, 5.74) is 1.34. The summed E-state index contributed by atoms with van der Waals surface area (Å²) < 4.78 is 0. The maximum absolute atomic E-state index is 10.6. The number of nitro benzene ring substituents is 1.